The number of nitrogens with zero attached hydrogens (tertiary/aromatic N) is 1. The molecule has 0 aliphatic rings. The third-order valence-electron chi connectivity index (χ3n) is 4.06. The Kier molecular flexibility index (Phi) is 5.63. The highest BCUT2D eigenvalue weighted by molar-refractivity contribution is 7.99. The van der Waals surface area contributed by atoms with Gasteiger partial charge in [0.2, 0.25) is 5.91 Å². The Morgan fingerprint density at radius 3 is 2.79 bits per heavy atom. The Hall–Kier alpha value is -1.72. The van der Waals surface area contributed by atoms with Crippen molar-refractivity contribution in [3.05, 3.63) is 53.0 Å². The predicted octanol–water partition coefficient (Wildman–Crippen LogP) is 4.48. The summed E-state index contributed by atoms with van der Waals surface area (Å²) in [5.41, 5.74) is 2.71. The van der Waals surface area contributed by atoms with Crippen molar-refractivity contribution in [3.63, 3.8) is 0 Å². The first-order valence-corrected chi connectivity index (χ1v) is 10.0. The molecule has 1 N–H and O–H groups in total. The van der Waals surface area contributed by atoms with Gasteiger partial charge < -0.3 is 9.88 Å². The van der Waals surface area contributed by atoms with Crippen LogP contribution in [0.5, 0.6) is 0 Å². The molecule has 24 heavy (non-hydrogen) atoms. The normalized spacial score (nSPS) is 11.1. The summed E-state index contributed by atoms with van der Waals surface area (Å²) in [5.74, 6) is 0.922. The van der Waals surface area contributed by atoms with E-state index in [1.54, 1.807) is 6.92 Å². The van der Waals surface area contributed by atoms with Crippen molar-refractivity contribution in [2.75, 3.05) is 12.3 Å². The molecule has 0 spiro atoms. The lowest BCUT2D eigenvalue weighted by Gasteiger charge is -2.12. The molecule has 0 saturated heterocycles. The van der Waals surface area contributed by atoms with Crippen LogP contribution in [0.3, 0.4) is 0 Å². The van der Waals surface area contributed by atoms with Gasteiger partial charge in [0.25, 0.3) is 0 Å². The Morgan fingerprint density at radius 1 is 1.25 bits per heavy atom. The van der Waals surface area contributed by atoms with Crippen LogP contribution in [0.15, 0.2) is 46.8 Å². The molecule has 0 aliphatic carbocycles. The number of hydrogen-bond acceptors (Lipinski definition) is 3. The Labute approximate surface area is 151 Å². The van der Waals surface area contributed by atoms with E-state index < -0.39 is 0 Å². The van der Waals surface area contributed by atoms with Crippen molar-refractivity contribution >= 4 is 39.1 Å². The van der Waals surface area contributed by atoms with Crippen LogP contribution in [0, 0.1) is 6.92 Å². The van der Waals surface area contributed by atoms with Gasteiger partial charge in [0.1, 0.15) is 0 Å². The summed E-state index contributed by atoms with van der Waals surface area (Å²) in [6, 6.07) is 12.8. The zero-order chi connectivity index (χ0) is 16.9. The number of fused-ring (bicyclic) bond motifs is 1. The van der Waals surface area contributed by atoms with Crippen LogP contribution in [0.25, 0.3) is 10.1 Å². The Balaban J connectivity index is 1.77. The number of thioether (sulfide) groups is 1. The average molecular weight is 359 g/mol. The smallest absolute Gasteiger partial charge is 0.216 e. The summed E-state index contributed by atoms with van der Waals surface area (Å²) in [7, 11) is 0. The standard InChI is InChI=1S/C19H22N2OS2/c1-14-18-17(9-12-23-18)19(24-13-10-20-15(2)22)21(14)11-8-16-6-4-3-5-7-16/h3-7,9,12H,8,10-11,13H2,1-2H3,(H,20,22). The number of carbonyl (C=O) groups excluding carboxylic acids is 1. The van der Waals surface area contributed by atoms with Crippen molar-refractivity contribution in [3.8, 4) is 0 Å². The Morgan fingerprint density at radius 2 is 2.04 bits per heavy atom. The lowest BCUT2D eigenvalue weighted by atomic mass is 10.1. The second-order valence-corrected chi connectivity index (χ2v) is 7.77. The first-order chi connectivity index (χ1) is 11.7. The highest BCUT2D eigenvalue weighted by Gasteiger charge is 2.15. The van der Waals surface area contributed by atoms with Gasteiger partial charge in [-0.3, -0.25) is 4.79 Å². The molecular formula is C19H22N2OS2. The number of nitrogens with one attached hydrogen (secondary N) is 1. The maximum atomic E-state index is 11.0. The molecule has 3 nitrogen and oxygen atoms in total. The first kappa shape index (κ1) is 17.1. The molecule has 5 heteroatoms. The quantitative estimate of drug-likeness (QED) is 0.499. The summed E-state index contributed by atoms with van der Waals surface area (Å²) >= 11 is 3.64. The molecule has 2 aromatic heterocycles. The molecule has 0 saturated carbocycles. The van der Waals surface area contributed by atoms with Gasteiger partial charge in [-0.25, -0.2) is 0 Å². The molecule has 126 valence electrons. The Bertz CT molecular complexity index is 821. The van der Waals surface area contributed by atoms with Gasteiger partial charge >= 0.3 is 0 Å². The van der Waals surface area contributed by atoms with Crippen LogP contribution in [0.4, 0.5) is 0 Å². The monoisotopic (exact) mass is 358 g/mol. The largest absolute Gasteiger partial charge is 0.356 e. The number of aryl methyl sites for hydroxylation is 2. The van der Waals surface area contributed by atoms with Crippen molar-refractivity contribution in [2.24, 2.45) is 0 Å². The van der Waals surface area contributed by atoms with Crippen LogP contribution >= 0.6 is 23.1 Å². The maximum Gasteiger partial charge on any atom is 0.216 e. The van der Waals surface area contributed by atoms with E-state index in [9.17, 15) is 4.79 Å². The number of aromatic nitrogens is 1. The predicted molar refractivity (Wildman–Crippen MR) is 104 cm³/mol. The summed E-state index contributed by atoms with van der Waals surface area (Å²) in [6.07, 6.45) is 1.03. The SMILES string of the molecule is CC(=O)NCCSc1c2ccsc2c(C)n1CCc1ccccc1. The lowest BCUT2D eigenvalue weighted by molar-refractivity contribution is -0.118. The van der Waals surface area contributed by atoms with E-state index in [0.717, 1.165) is 18.7 Å². The fraction of sp³-hybridized carbons (Fsp3) is 0.316. The van der Waals surface area contributed by atoms with Gasteiger partial charge in [0.15, 0.2) is 0 Å². The van der Waals surface area contributed by atoms with Crippen LogP contribution in [0.2, 0.25) is 0 Å². The van der Waals surface area contributed by atoms with E-state index in [0.29, 0.717) is 6.54 Å². The molecular weight excluding hydrogens is 336 g/mol. The van der Waals surface area contributed by atoms with E-state index in [4.69, 9.17) is 0 Å². The summed E-state index contributed by atoms with van der Waals surface area (Å²) in [6.45, 7) is 5.46. The highest BCUT2D eigenvalue weighted by atomic mass is 32.2. The zero-order valence-electron chi connectivity index (χ0n) is 14.0. The molecule has 1 aromatic carbocycles. The molecule has 1 amide bonds. The van der Waals surface area contributed by atoms with Crippen LogP contribution in [-0.2, 0) is 17.8 Å². The van der Waals surface area contributed by atoms with Gasteiger partial charge in [0, 0.05) is 36.8 Å². The topological polar surface area (TPSA) is 34.0 Å². The fourth-order valence-electron chi connectivity index (χ4n) is 2.86. The number of benzene rings is 1. The second kappa shape index (κ2) is 7.90. The summed E-state index contributed by atoms with van der Waals surface area (Å²) < 4.78 is 3.82. The molecule has 3 rings (SSSR count). The van der Waals surface area contributed by atoms with Crippen molar-refractivity contribution < 1.29 is 4.79 Å². The minimum atomic E-state index is 0.0342. The first-order valence-electron chi connectivity index (χ1n) is 8.14. The molecule has 0 fully saturated rings. The number of thiophene rings is 1. The highest BCUT2D eigenvalue weighted by Crippen LogP contribution is 2.36. The minimum Gasteiger partial charge on any atom is -0.356 e. The van der Waals surface area contributed by atoms with Crippen LogP contribution < -0.4 is 5.32 Å². The fourth-order valence-corrected chi connectivity index (χ4v) is 4.95. The molecule has 0 bridgehead atoms. The molecule has 3 aromatic rings. The molecule has 0 radical (unpaired) electrons. The maximum absolute atomic E-state index is 11.0. The van der Waals surface area contributed by atoms with Gasteiger partial charge in [0.05, 0.1) is 9.73 Å². The van der Waals surface area contributed by atoms with E-state index >= 15 is 0 Å². The third-order valence-corrected chi connectivity index (χ3v) is 6.20. The average Bonchev–Trinajstić information content (AvgIpc) is 3.14. The van der Waals surface area contributed by atoms with E-state index in [2.05, 4.69) is 58.6 Å². The number of carbonyl (C=O) groups is 1. The van der Waals surface area contributed by atoms with Crippen molar-refractivity contribution in [1.82, 2.24) is 9.88 Å². The summed E-state index contributed by atoms with van der Waals surface area (Å²) in [5, 5.41) is 7.71. The molecule has 2 heterocycles. The van der Waals surface area contributed by atoms with E-state index in [1.165, 1.54) is 26.4 Å². The lowest BCUT2D eigenvalue weighted by Crippen LogP contribution is -2.22. The van der Waals surface area contributed by atoms with Crippen LogP contribution in [0.1, 0.15) is 18.2 Å². The van der Waals surface area contributed by atoms with E-state index in [-0.39, 0.29) is 5.91 Å². The van der Waals surface area contributed by atoms with Gasteiger partial charge in [-0.1, -0.05) is 30.3 Å². The van der Waals surface area contributed by atoms with Crippen LogP contribution in [-0.4, -0.2) is 22.8 Å². The second-order valence-electron chi connectivity index (χ2n) is 5.77. The molecule has 0 atom stereocenters. The van der Waals surface area contributed by atoms with Crippen molar-refractivity contribution in [2.45, 2.75) is 31.8 Å². The third kappa shape index (κ3) is 3.84. The minimum absolute atomic E-state index is 0.0342. The number of rotatable bonds is 7. The van der Waals surface area contributed by atoms with Gasteiger partial charge in [-0.05, 0) is 30.4 Å². The zero-order valence-corrected chi connectivity index (χ0v) is 15.7. The van der Waals surface area contributed by atoms with Crippen molar-refractivity contribution in [1.29, 1.82) is 0 Å². The van der Waals surface area contributed by atoms with Gasteiger partial charge in [-0.2, -0.15) is 0 Å². The summed E-state index contributed by atoms with van der Waals surface area (Å²) in [4.78, 5) is 11.0. The number of hydrogen-bond donors (Lipinski definition) is 1. The number of amides is 1. The molecule has 0 aliphatic heterocycles. The molecule has 0 unspecified atom stereocenters. The van der Waals surface area contributed by atoms with E-state index in [1.807, 2.05) is 23.1 Å². The van der Waals surface area contributed by atoms with Gasteiger partial charge in [-0.15, -0.1) is 23.1 Å².